The molecule has 1 nitrogen and oxygen atoms in total. The largest absolute Gasteiger partial charge is 0.300 e. The summed E-state index contributed by atoms with van der Waals surface area (Å²) in [5.74, 6) is 0.471. The van der Waals surface area contributed by atoms with Crippen molar-refractivity contribution in [2.75, 3.05) is 0 Å². The lowest BCUT2D eigenvalue weighted by atomic mass is 9.55. The first-order valence-electron chi connectivity index (χ1n) is 5.73. The van der Waals surface area contributed by atoms with Gasteiger partial charge in [0.05, 0.1) is 0 Å². The summed E-state index contributed by atoms with van der Waals surface area (Å²) in [6.45, 7) is 6.82. The number of hydrogen-bond acceptors (Lipinski definition) is 1. The Labute approximate surface area is 86.6 Å². The van der Waals surface area contributed by atoms with Gasteiger partial charge in [0.1, 0.15) is 5.78 Å². The quantitative estimate of drug-likeness (QED) is 0.581. The SMILES string of the molecule is CC[C@]12CC(=O)CC[C@@]1(C)CC=C2C. The minimum atomic E-state index is 0.211. The van der Waals surface area contributed by atoms with Crippen molar-refractivity contribution in [3.63, 3.8) is 0 Å². The van der Waals surface area contributed by atoms with Crippen molar-refractivity contribution in [1.29, 1.82) is 0 Å². The van der Waals surface area contributed by atoms with E-state index in [9.17, 15) is 4.79 Å². The van der Waals surface area contributed by atoms with Crippen molar-refractivity contribution < 1.29 is 4.79 Å². The molecule has 1 saturated carbocycles. The Bertz CT molecular complexity index is 302. The molecule has 2 rings (SSSR count). The lowest BCUT2D eigenvalue weighted by molar-refractivity contribution is -0.127. The number of hydrogen-bond donors (Lipinski definition) is 0. The Hall–Kier alpha value is -0.590. The van der Waals surface area contributed by atoms with Gasteiger partial charge in [0.25, 0.3) is 0 Å². The van der Waals surface area contributed by atoms with E-state index in [-0.39, 0.29) is 5.41 Å². The minimum Gasteiger partial charge on any atom is -0.300 e. The van der Waals surface area contributed by atoms with Gasteiger partial charge in [0.15, 0.2) is 0 Å². The van der Waals surface area contributed by atoms with Crippen LogP contribution in [0, 0.1) is 10.8 Å². The smallest absolute Gasteiger partial charge is 0.133 e. The number of carbonyl (C=O) groups is 1. The predicted octanol–water partition coefficient (Wildman–Crippen LogP) is 3.49. The van der Waals surface area contributed by atoms with Crippen molar-refractivity contribution in [2.45, 2.75) is 52.9 Å². The molecule has 0 unspecified atom stereocenters. The highest BCUT2D eigenvalue weighted by Crippen LogP contribution is 2.61. The fourth-order valence-electron chi connectivity index (χ4n) is 3.61. The van der Waals surface area contributed by atoms with E-state index in [1.807, 2.05) is 0 Å². The summed E-state index contributed by atoms with van der Waals surface area (Å²) in [5, 5.41) is 0. The van der Waals surface area contributed by atoms with Crippen molar-refractivity contribution >= 4 is 5.78 Å². The van der Waals surface area contributed by atoms with Crippen LogP contribution >= 0.6 is 0 Å². The van der Waals surface area contributed by atoms with E-state index < -0.39 is 0 Å². The van der Waals surface area contributed by atoms with Gasteiger partial charge in [-0.3, -0.25) is 4.79 Å². The number of fused-ring (bicyclic) bond motifs is 1. The van der Waals surface area contributed by atoms with Gasteiger partial charge < -0.3 is 0 Å². The first-order valence-corrected chi connectivity index (χ1v) is 5.73. The molecule has 0 aromatic rings. The van der Waals surface area contributed by atoms with Crippen molar-refractivity contribution in [2.24, 2.45) is 10.8 Å². The minimum absolute atomic E-state index is 0.211. The van der Waals surface area contributed by atoms with Crippen molar-refractivity contribution in [3.05, 3.63) is 11.6 Å². The van der Waals surface area contributed by atoms with Crippen LogP contribution in [0.25, 0.3) is 0 Å². The molecule has 0 radical (unpaired) electrons. The van der Waals surface area contributed by atoms with Gasteiger partial charge in [-0.2, -0.15) is 0 Å². The summed E-state index contributed by atoms with van der Waals surface area (Å²) < 4.78 is 0. The maximum atomic E-state index is 11.6. The Morgan fingerprint density at radius 2 is 2.21 bits per heavy atom. The lowest BCUT2D eigenvalue weighted by Crippen LogP contribution is -2.42. The molecule has 0 N–H and O–H groups in total. The molecular weight excluding hydrogens is 172 g/mol. The highest BCUT2D eigenvalue weighted by molar-refractivity contribution is 5.81. The fourth-order valence-corrected chi connectivity index (χ4v) is 3.61. The van der Waals surface area contributed by atoms with Gasteiger partial charge in [0.2, 0.25) is 0 Å². The molecule has 0 aromatic heterocycles. The lowest BCUT2D eigenvalue weighted by Gasteiger charge is -2.48. The number of carbonyl (C=O) groups excluding carboxylic acids is 1. The van der Waals surface area contributed by atoms with Crippen LogP contribution in [0.2, 0.25) is 0 Å². The molecule has 1 heteroatoms. The zero-order valence-electron chi connectivity index (χ0n) is 9.52. The Kier molecular flexibility index (Phi) is 2.09. The molecule has 2 atom stereocenters. The normalized spacial score (nSPS) is 42.2. The second kappa shape index (κ2) is 2.95. The van der Waals surface area contributed by atoms with Gasteiger partial charge in [0, 0.05) is 18.3 Å². The van der Waals surface area contributed by atoms with Crippen molar-refractivity contribution in [1.82, 2.24) is 0 Å². The summed E-state index contributed by atoms with van der Waals surface area (Å²) in [5.41, 5.74) is 2.05. The Morgan fingerprint density at radius 1 is 1.50 bits per heavy atom. The first kappa shape index (κ1) is 9.95. The van der Waals surface area contributed by atoms with Crippen molar-refractivity contribution in [3.8, 4) is 0 Å². The molecule has 0 saturated heterocycles. The Balaban J connectivity index is 2.42. The molecule has 1 fully saturated rings. The average Bonchev–Trinajstić information content (AvgIpc) is 2.42. The van der Waals surface area contributed by atoms with Crippen LogP contribution in [0.15, 0.2) is 11.6 Å². The summed E-state index contributed by atoms with van der Waals surface area (Å²) in [6.07, 6.45) is 7.36. The van der Waals surface area contributed by atoms with Crippen LogP contribution in [0.3, 0.4) is 0 Å². The number of Topliss-reactive ketones (excluding diaryl/α,β-unsaturated/α-hetero) is 1. The molecule has 0 aliphatic heterocycles. The summed E-state index contributed by atoms with van der Waals surface area (Å²) in [6, 6.07) is 0. The maximum Gasteiger partial charge on any atom is 0.133 e. The highest BCUT2D eigenvalue weighted by atomic mass is 16.1. The van der Waals surface area contributed by atoms with E-state index in [2.05, 4.69) is 26.8 Å². The monoisotopic (exact) mass is 192 g/mol. The van der Waals surface area contributed by atoms with E-state index in [1.165, 1.54) is 12.0 Å². The van der Waals surface area contributed by atoms with E-state index in [0.29, 0.717) is 11.2 Å². The topological polar surface area (TPSA) is 17.1 Å². The van der Waals surface area contributed by atoms with Gasteiger partial charge in [-0.25, -0.2) is 0 Å². The van der Waals surface area contributed by atoms with Gasteiger partial charge in [-0.15, -0.1) is 0 Å². The molecule has 0 spiro atoms. The third-order valence-corrected chi connectivity index (χ3v) is 4.83. The van der Waals surface area contributed by atoms with Crippen LogP contribution in [-0.2, 0) is 4.79 Å². The molecule has 0 heterocycles. The zero-order valence-corrected chi connectivity index (χ0v) is 9.52. The fraction of sp³-hybridized carbons (Fsp3) is 0.769. The maximum absolute atomic E-state index is 11.6. The van der Waals surface area contributed by atoms with Crippen LogP contribution in [0.1, 0.15) is 52.9 Å². The summed E-state index contributed by atoms with van der Waals surface area (Å²) in [4.78, 5) is 11.6. The predicted molar refractivity (Wildman–Crippen MR) is 58.1 cm³/mol. The van der Waals surface area contributed by atoms with E-state index in [0.717, 1.165) is 25.7 Å². The zero-order chi connectivity index (χ0) is 10.4. The standard InChI is InChI=1S/C13H20O/c1-4-13-9-11(14)6-8-12(13,3)7-5-10(13)2/h5H,4,6-9H2,1-3H3/t12-,13-/m1/s1. The number of ketones is 1. The second-order valence-electron chi connectivity index (χ2n) is 5.30. The van der Waals surface area contributed by atoms with Gasteiger partial charge >= 0.3 is 0 Å². The first-order chi connectivity index (χ1) is 6.54. The van der Waals surface area contributed by atoms with Gasteiger partial charge in [-0.05, 0) is 31.6 Å². The molecule has 2 aliphatic rings. The average molecular weight is 192 g/mol. The molecule has 14 heavy (non-hydrogen) atoms. The van der Waals surface area contributed by atoms with Crippen LogP contribution in [0.5, 0.6) is 0 Å². The van der Waals surface area contributed by atoms with Crippen LogP contribution in [0.4, 0.5) is 0 Å². The van der Waals surface area contributed by atoms with E-state index in [1.54, 1.807) is 0 Å². The third-order valence-electron chi connectivity index (χ3n) is 4.83. The van der Waals surface area contributed by atoms with Gasteiger partial charge in [-0.1, -0.05) is 25.5 Å². The molecule has 2 aliphatic carbocycles. The summed E-state index contributed by atoms with van der Waals surface area (Å²) >= 11 is 0. The molecular formula is C13H20O. The number of allylic oxidation sites excluding steroid dienone is 2. The number of rotatable bonds is 1. The molecule has 0 bridgehead atoms. The second-order valence-corrected chi connectivity index (χ2v) is 5.30. The third kappa shape index (κ3) is 1.04. The van der Waals surface area contributed by atoms with E-state index in [4.69, 9.17) is 0 Å². The highest BCUT2D eigenvalue weighted by Gasteiger charge is 2.53. The van der Waals surface area contributed by atoms with E-state index >= 15 is 0 Å². The molecule has 0 aromatic carbocycles. The summed E-state index contributed by atoms with van der Waals surface area (Å²) in [7, 11) is 0. The molecule has 0 amide bonds. The van der Waals surface area contributed by atoms with Crippen LogP contribution in [-0.4, -0.2) is 5.78 Å². The molecule has 78 valence electrons. The Morgan fingerprint density at radius 3 is 2.86 bits per heavy atom. The van der Waals surface area contributed by atoms with Crippen LogP contribution < -0.4 is 0 Å².